The normalized spacial score (nSPS) is 13.2. The van der Waals surface area contributed by atoms with Crippen LogP contribution in [0.4, 0.5) is 10.1 Å². The third kappa shape index (κ3) is 4.31. The zero-order valence-corrected chi connectivity index (χ0v) is 14.8. The van der Waals surface area contributed by atoms with Crippen molar-refractivity contribution in [1.82, 2.24) is 5.32 Å². The zero-order chi connectivity index (χ0) is 18.5. The van der Waals surface area contributed by atoms with E-state index in [9.17, 15) is 9.18 Å². The molecule has 3 aromatic rings. The standard InChI is InChI=1S/C20H18ClFN2O2/c1-13(20(25)24-17-10-9-15(22)12-16(17)21)23-19(18-8-5-11-26-18)14-6-3-2-4-7-14/h2-13,19,23H,1H3,(H,24,25)/t13-,19-/m1/s1. The molecule has 0 saturated carbocycles. The third-order valence-corrected chi connectivity index (χ3v) is 4.27. The number of carbonyl (C=O) groups excluding carboxylic acids is 1. The Hall–Kier alpha value is -2.63. The van der Waals surface area contributed by atoms with E-state index in [2.05, 4.69) is 10.6 Å². The monoisotopic (exact) mass is 372 g/mol. The summed E-state index contributed by atoms with van der Waals surface area (Å²) < 4.78 is 18.7. The highest BCUT2D eigenvalue weighted by Crippen LogP contribution is 2.25. The van der Waals surface area contributed by atoms with Crippen LogP contribution in [0.25, 0.3) is 0 Å². The quantitative estimate of drug-likeness (QED) is 0.654. The second kappa shape index (κ2) is 8.17. The Balaban J connectivity index is 1.75. The molecule has 2 aromatic carbocycles. The highest BCUT2D eigenvalue weighted by atomic mass is 35.5. The molecule has 3 rings (SSSR count). The summed E-state index contributed by atoms with van der Waals surface area (Å²) in [7, 11) is 0. The third-order valence-electron chi connectivity index (χ3n) is 3.96. The average Bonchev–Trinajstić information content (AvgIpc) is 3.17. The van der Waals surface area contributed by atoms with Gasteiger partial charge in [-0.25, -0.2) is 4.39 Å². The van der Waals surface area contributed by atoms with Gasteiger partial charge in [0.05, 0.1) is 29.1 Å². The van der Waals surface area contributed by atoms with E-state index in [1.54, 1.807) is 19.3 Å². The second-order valence-electron chi connectivity index (χ2n) is 5.86. The van der Waals surface area contributed by atoms with Crippen LogP contribution in [0.3, 0.4) is 0 Å². The molecule has 0 bridgehead atoms. The van der Waals surface area contributed by atoms with E-state index in [1.807, 2.05) is 36.4 Å². The van der Waals surface area contributed by atoms with Crippen molar-refractivity contribution in [2.75, 3.05) is 5.32 Å². The van der Waals surface area contributed by atoms with E-state index in [4.69, 9.17) is 16.0 Å². The number of furan rings is 1. The number of nitrogens with one attached hydrogen (secondary N) is 2. The SMILES string of the molecule is C[C@@H](N[C@H](c1ccccc1)c1ccco1)C(=O)Nc1ccc(F)cc1Cl. The fourth-order valence-corrected chi connectivity index (χ4v) is 2.82. The molecule has 26 heavy (non-hydrogen) atoms. The summed E-state index contributed by atoms with van der Waals surface area (Å²) in [5, 5.41) is 6.12. The molecular weight excluding hydrogens is 355 g/mol. The van der Waals surface area contributed by atoms with Gasteiger partial charge in [-0.3, -0.25) is 10.1 Å². The predicted molar refractivity (Wildman–Crippen MR) is 99.6 cm³/mol. The highest BCUT2D eigenvalue weighted by Gasteiger charge is 2.23. The van der Waals surface area contributed by atoms with E-state index in [0.717, 1.165) is 11.6 Å². The fraction of sp³-hybridized carbons (Fsp3) is 0.150. The lowest BCUT2D eigenvalue weighted by atomic mass is 10.0. The summed E-state index contributed by atoms with van der Waals surface area (Å²) in [6.45, 7) is 1.74. The van der Waals surface area contributed by atoms with Crippen molar-refractivity contribution >= 4 is 23.2 Å². The number of rotatable bonds is 6. The smallest absolute Gasteiger partial charge is 0.241 e. The first-order valence-corrected chi connectivity index (χ1v) is 8.52. The molecule has 1 aromatic heterocycles. The summed E-state index contributed by atoms with van der Waals surface area (Å²) in [6.07, 6.45) is 1.59. The molecule has 2 atom stereocenters. The Kier molecular flexibility index (Phi) is 5.71. The van der Waals surface area contributed by atoms with Gasteiger partial charge in [-0.15, -0.1) is 0 Å². The first-order valence-electron chi connectivity index (χ1n) is 8.15. The molecule has 4 nitrogen and oxygen atoms in total. The van der Waals surface area contributed by atoms with Gasteiger partial charge in [0.1, 0.15) is 11.6 Å². The summed E-state index contributed by atoms with van der Waals surface area (Å²) in [5.41, 5.74) is 1.34. The molecule has 0 saturated heterocycles. The zero-order valence-electron chi connectivity index (χ0n) is 14.1. The van der Waals surface area contributed by atoms with Crippen LogP contribution in [0.1, 0.15) is 24.3 Å². The minimum atomic E-state index is -0.550. The average molecular weight is 373 g/mol. The molecule has 1 amide bonds. The van der Waals surface area contributed by atoms with Gasteiger partial charge in [0.2, 0.25) is 5.91 Å². The van der Waals surface area contributed by atoms with Gasteiger partial charge in [-0.2, -0.15) is 0 Å². The topological polar surface area (TPSA) is 54.3 Å². The molecule has 134 valence electrons. The Bertz CT molecular complexity index is 869. The van der Waals surface area contributed by atoms with Crippen molar-refractivity contribution in [2.45, 2.75) is 19.0 Å². The summed E-state index contributed by atoms with van der Waals surface area (Å²) in [4.78, 5) is 12.5. The number of anilines is 1. The first kappa shape index (κ1) is 18.2. The molecule has 0 aliphatic carbocycles. The van der Waals surface area contributed by atoms with Crippen molar-refractivity contribution < 1.29 is 13.6 Å². The second-order valence-corrected chi connectivity index (χ2v) is 6.27. The van der Waals surface area contributed by atoms with Gasteiger partial charge >= 0.3 is 0 Å². The molecule has 0 spiro atoms. The molecular formula is C20H18ClFN2O2. The molecule has 0 fully saturated rings. The maximum atomic E-state index is 13.1. The number of hydrogen-bond acceptors (Lipinski definition) is 3. The van der Waals surface area contributed by atoms with Crippen LogP contribution in [-0.2, 0) is 4.79 Å². The highest BCUT2D eigenvalue weighted by molar-refractivity contribution is 6.33. The molecule has 2 N–H and O–H groups in total. The molecule has 0 aliphatic rings. The molecule has 1 heterocycles. The van der Waals surface area contributed by atoms with Crippen molar-refractivity contribution in [3.05, 3.63) is 89.1 Å². The van der Waals surface area contributed by atoms with Crippen LogP contribution >= 0.6 is 11.6 Å². The summed E-state index contributed by atoms with van der Waals surface area (Å²) >= 11 is 5.97. The molecule has 0 unspecified atom stereocenters. The van der Waals surface area contributed by atoms with Gasteiger partial charge in [-0.05, 0) is 42.8 Å². The van der Waals surface area contributed by atoms with Gasteiger partial charge < -0.3 is 9.73 Å². The Labute approximate surface area is 156 Å². The number of carbonyl (C=O) groups is 1. The van der Waals surface area contributed by atoms with Crippen LogP contribution in [0.5, 0.6) is 0 Å². The summed E-state index contributed by atoms with van der Waals surface area (Å²) in [6, 6.07) is 16.4. The predicted octanol–water partition coefficient (Wildman–Crippen LogP) is 4.78. The van der Waals surface area contributed by atoms with Crippen molar-refractivity contribution in [2.24, 2.45) is 0 Å². The maximum Gasteiger partial charge on any atom is 0.241 e. The lowest BCUT2D eigenvalue weighted by Gasteiger charge is -2.22. The Morgan fingerprint density at radius 2 is 1.88 bits per heavy atom. The van der Waals surface area contributed by atoms with Gasteiger partial charge in [-0.1, -0.05) is 41.9 Å². The van der Waals surface area contributed by atoms with Crippen LogP contribution in [0, 0.1) is 5.82 Å². The van der Waals surface area contributed by atoms with E-state index < -0.39 is 11.9 Å². The van der Waals surface area contributed by atoms with E-state index in [-0.39, 0.29) is 17.0 Å². The lowest BCUT2D eigenvalue weighted by Crippen LogP contribution is -2.40. The first-order chi connectivity index (χ1) is 12.5. The lowest BCUT2D eigenvalue weighted by molar-refractivity contribution is -0.117. The molecule has 0 radical (unpaired) electrons. The van der Waals surface area contributed by atoms with Gasteiger partial charge in [0, 0.05) is 0 Å². The Morgan fingerprint density at radius 3 is 2.54 bits per heavy atom. The largest absolute Gasteiger partial charge is 0.467 e. The van der Waals surface area contributed by atoms with Crippen LogP contribution < -0.4 is 10.6 Å². The minimum Gasteiger partial charge on any atom is -0.467 e. The van der Waals surface area contributed by atoms with Crippen molar-refractivity contribution in [3.63, 3.8) is 0 Å². The van der Waals surface area contributed by atoms with E-state index in [0.29, 0.717) is 11.4 Å². The maximum absolute atomic E-state index is 13.1. The van der Waals surface area contributed by atoms with Crippen LogP contribution in [0.15, 0.2) is 71.3 Å². The van der Waals surface area contributed by atoms with Gasteiger partial charge in [0.15, 0.2) is 0 Å². The number of halogens is 2. The molecule has 6 heteroatoms. The van der Waals surface area contributed by atoms with Crippen molar-refractivity contribution in [3.8, 4) is 0 Å². The number of hydrogen-bond donors (Lipinski definition) is 2. The van der Waals surface area contributed by atoms with E-state index in [1.165, 1.54) is 12.1 Å². The van der Waals surface area contributed by atoms with Crippen molar-refractivity contribution in [1.29, 1.82) is 0 Å². The number of amides is 1. The van der Waals surface area contributed by atoms with E-state index >= 15 is 0 Å². The Morgan fingerprint density at radius 1 is 1.12 bits per heavy atom. The fourth-order valence-electron chi connectivity index (χ4n) is 2.60. The summed E-state index contributed by atoms with van der Waals surface area (Å²) in [5.74, 6) is -0.0391. The van der Waals surface area contributed by atoms with Crippen LogP contribution in [0.2, 0.25) is 5.02 Å². The molecule has 0 aliphatic heterocycles. The van der Waals surface area contributed by atoms with Crippen LogP contribution in [-0.4, -0.2) is 11.9 Å². The van der Waals surface area contributed by atoms with Gasteiger partial charge in [0.25, 0.3) is 0 Å². The number of benzene rings is 2. The minimum absolute atomic E-state index is 0.149.